The molecular formula is C36H26N4. The van der Waals surface area contributed by atoms with Gasteiger partial charge in [-0.2, -0.15) is 0 Å². The third-order valence-electron chi connectivity index (χ3n) is 7.93. The smallest absolute Gasteiger partial charge is 0.0576 e. The molecule has 2 aromatic heterocycles. The van der Waals surface area contributed by atoms with Crippen molar-refractivity contribution in [3.05, 3.63) is 146 Å². The van der Waals surface area contributed by atoms with Crippen molar-refractivity contribution in [3.8, 4) is 11.4 Å². The van der Waals surface area contributed by atoms with Crippen LogP contribution in [0.2, 0.25) is 0 Å². The second-order valence-electron chi connectivity index (χ2n) is 10.1. The summed E-state index contributed by atoms with van der Waals surface area (Å²) in [5.41, 5.74) is 8.85. The predicted molar refractivity (Wildman–Crippen MR) is 168 cm³/mol. The quantitative estimate of drug-likeness (QED) is 0.188. The van der Waals surface area contributed by atoms with Gasteiger partial charge in [-0.3, -0.25) is 5.01 Å². The SMILES string of the molecule is NN(c1ccc(-n2c3ccccc3c3ccccc32)cc1)c1ccc(-n2c3ccccc3c3ccccc32)cc1. The van der Waals surface area contributed by atoms with Crippen LogP contribution in [-0.4, -0.2) is 9.13 Å². The van der Waals surface area contributed by atoms with Crippen molar-refractivity contribution in [2.75, 3.05) is 5.01 Å². The summed E-state index contributed by atoms with van der Waals surface area (Å²) in [6.07, 6.45) is 0. The third-order valence-corrected chi connectivity index (χ3v) is 7.93. The lowest BCUT2D eigenvalue weighted by Gasteiger charge is -2.20. The minimum Gasteiger partial charge on any atom is -0.309 e. The van der Waals surface area contributed by atoms with Crippen molar-refractivity contribution < 1.29 is 0 Å². The molecule has 2 heterocycles. The fourth-order valence-corrected chi connectivity index (χ4v) is 6.08. The molecule has 8 aromatic rings. The van der Waals surface area contributed by atoms with Gasteiger partial charge in [0, 0.05) is 32.9 Å². The van der Waals surface area contributed by atoms with Crippen LogP contribution in [0.1, 0.15) is 0 Å². The lowest BCUT2D eigenvalue weighted by molar-refractivity contribution is 1.08. The van der Waals surface area contributed by atoms with E-state index in [-0.39, 0.29) is 0 Å². The average molecular weight is 515 g/mol. The van der Waals surface area contributed by atoms with Crippen molar-refractivity contribution in [1.82, 2.24) is 9.13 Å². The summed E-state index contributed by atoms with van der Waals surface area (Å²) in [4.78, 5) is 0. The molecule has 0 aliphatic carbocycles. The number of para-hydroxylation sites is 4. The minimum atomic E-state index is 0.925. The summed E-state index contributed by atoms with van der Waals surface area (Å²) in [6, 6.07) is 51.1. The van der Waals surface area contributed by atoms with Gasteiger partial charge in [-0.25, -0.2) is 5.84 Å². The monoisotopic (exact) mass is 514 g/mol. The number of hydrogen-bond acceptors (Lipinski definition) is 2. The van der Waals surface area contributed by atoms with E-state index in [0.29, 0.717) is 0 Å². The van der Waals surface area contributed by atoms with Crippen molar-refractivity contribution in [3.63, 3.8) is 0 Å². The fourth-order valence-electron chi connectivity index (χ4n) is 6.08. The van der Waals surface area contributed by atoms with Gasteiger partial charge in [-0.15, -0.1) is 0 Å². The summed E-state index contributed by atoms with van der Waals surface area (Å²) in [5, 5.41) is 6.76. The van der Waals surface area contributed by atoms with Crippen molar-refractivity contribution >= 4 is 55.0 Å². The van der Waals surface area contributed by atoms with Gasteiger partial charge >= 0.3 is 0 Å². The molecule has 8 rings (SSSR count). The first-order chi connectivity index (χ1) is 19.8. The zero-order valence-electron chi connectivity index (χ0n) is 21.8. The first-order valence-electron chi connectivity index (χ1n) is 13.5. The molecule has 0 aliphatic rings. The van der Waals surface area contributed by atoms with E-state index in [4.69, 9.17) is 5.84 Å². The molecule has 4 heteroatoms. The zero-order chi connectivity index (χ0) is 26.6. The van der Waals surface area contributed by atoms with Crippen LogP contribution in [0.25, 0.3) is 55.0 Å². The van der Waals surface area contributed by atoms with Gasteiger partial charge in [0.1, 0.15) is 0 Å². The van der Waals surface area contributed by atoms with Gasteiger partial charge in [0.25, 0.3) is 0 Å². The molecule has 0 atom stereocenters. The number of rotatable bonds is 4. The summed E-state index contributed by atoms with van der Waals surface area (Å²) in [6.45, 7) is 0. The largest absolute Gasteiger partial charge is 0.309 e. The van der Waals surface area contributed by atoms with Crippen LogP contribution in [0.15, 0.2) is 146 Å². The lowest BCUT2D eigenvalue weighted by Crippen LogP contribution is -2.24. The Morgan fingerprint density at radius 1 is 0.350 bits per heavy atom. The van der Waals surface area contributed by atoms with Crippen molar-refractivity contribution in [1.29, 1.82) is 0 Å². The summed E-state index contributed by atoms with van der Waals surface area (Å²) in [7, 11) is 0. The van der Waals surface area contributed by atoms with E-state index in [9.17, 15) is 0 Å². The van der Waals surface area contributed by atoms with Crippen LogP contribution in [0.4, 0.5) is 11.4 Å². The van der Waals surface area contributed by atoms with Crippen molar-refractivity contribution in [2.45, 2.75) is 0 Å². The van der Waals surface area contributed by atoms with Gasteiger partial charge in [0.15, 0.2) is 0 Å². The summed E-state index contributed by atoms with van der Waals surface area (Å²) < 4.78 is 4.63. The van der Waals surface area contributed by atoms with Gasteiger partial charge in [-0.05, 0) is 72.8 Å². The normalized spacial score (nSPS) is 11.6. The number of hydrogen-bond donors (Lipinski definition) is 1. The Morgan fingerprint density at radius 2 is 0.625 bits per heavy atom. The topological polar surface area (TPSA) is 39.1 Å². The Balaban J connectivity index is 1.14. The van der Waals surface area contributed by atoms with E-state index in [1.54, 1.807) is 5.01 Å². The van der Waals surface area contributed by atoms with Crippen LogP contribution in [0.5, 0.6) is 0 Å². The van der Waals surface area contributed by atoms with Crippen LogP contribution < -0.4 is 10.9 Å². The number of nitrogens with two attached hydrogens (primary N) is 1. The molecule has 2 N–H and O–H groups in total. The second-order valence-corrected chi connectivity index (χ2v) is 10.1. The molecule has 0 radical (unpaired) electrons. The number of anilines is 2. The van der Waals surface area contributed by atoms with E-state index >= 15 is 0 Å². The van der Waals surface area contributed by atoms with Gasteiger partial charge in [-0.1, -0.05) is 72.8 Å². The highest BCUT2D eigenvalue weighted by Gasteiger charge is 2.14. The van der Waals surface area contributed by atoms with E-state index in [1.807, 2.05) is 0 Å². The molecule has 0 amide bonds. The third kappa shape index (κ3) is 3.37. The Bertz CT molecular complexity index is 1900. The molecule has 0 saturated heterocycles. The molecule has 40 heavy (non-hydrogen) atoms. The first kappa shape index (κ1) is 22.6. The first-order valence-corrected chi connectivity index (χ1v) is 13.5. The molecule has 190 valence electrons. The number of aromatic nitrogens is 2. The van der Waals surface area contributed by atoms with E-state index in [1.165, 1.54) is 43.6 Å². The highest BCUT2D eigenvalue weighted by Crippen LogP contribution is 2.34. The maximum atomic E-state index is 6.64. The predicted octanol–water partition coefficient (Wildman–Crippen LogP) is 8.89. The van der Waals surface area contributed by atoms with E-state index in [0.717, 1.165) is 22.7 Å². The fraction of sp³-hybridized carbons (Fsp3) is 0. The molecule has 6 aromatic carbocycles. The van der Waals surface area contributed by atoms with E-state index in [2.05, 4.69) is 155 Å². The number of hydrazine groups is 1. The van der Waals surface area contributed by atoms with Crippen LogP contribution in [0, 0.1) is 0 Å². The Hall–Kier alpha value is -5.32. The van der Waals surface area contributed by atoms with Crippen LogP contribution in [0.3, 0.4) is 0 Å². The Labute approximate surface area is 231 Å². The van der Waals surface area contributed by atoms with Crippen LogP contribution >= 0.6 is 0 Å². The molecule has 4 nitrogen and oxygen atoms in total. The molecule has 0 fully saturated rings. The van der Waals surface area contributed by atoms with Gasteiger partial charge < -0.3 is 9.13 Å². The van der Waals surface area contributed by atoms with Gasteiger partial charge in [0.05, 0.1) is 33.4 Å². The molecule has 0 bridgehead atoms. The maximum Gasteiger partial charge on any atom is 0.0576 e. The molecule has 0 unspecified atom stereocenters. The average Bonchev–Trinajstić information content (AvgIpc) is 3.54. The number of fused-ring (bicyclic) bond motifs is 6. The number of nitrogens with zero attached hydrogens (tertiary/aromatic N) is 3. The van der Waals surface area contributed by atoms with Gasteiger partial charge in [0.2, 0.25) is 0 Å². The maximum absolute atomic E-state index is 6.64. The van der Waals surface area contributed by atoms with E-state index < -0.39 is 0 Å². The molecule has 0 aliphatic heterocycles. The second kappa shape index (κ2) is 8.87. The summed E-state index contributed by atoms with van der Waals surface area (Å²) >= 11 is 0. The summed E-state index contributed by atoms with van der Waals surface area (Å²) in [5.74, 6) is 6.64. The Kier molecular flexibility index (Phi) is 5.02. The standard InChI is InChI=1S/C36H26N4/c37-40(27-21-17-25(18-22-27)38-33-13-5-1-9-29(33)30-10-2-6-14-34(30)38)28-23-19-26(20-24-28)39-35-15-7-3-11-31(35)32-12-4-8-16-36(32)39/h1-24H,37H2. The highest BCUT2D eigenvalue weighted by atomic mass is 15.4. The molecule has 0 saturated carbocycles. The number of benzene rings is 6. The zero-order valence-corrected chi connectivity index (χ0v) is 21.8. The van der Waals surface area contributed by atoms with Crippen molar-refractivity contribution in [2.24, 2.45) is 5.84 Å². The lowest BCUT2D eigenvalue weighted by atomic mass is 10.2. The molecule has 0 spiro atoms. The molecular weight excluding hydrogens is 488 g/mol. The minimum absolute atomic E-state index is 0.925. The van der Waals surface area contributed by atoms with Crippen LogP contribution in [-0.2, 0) is 0 Å². The highest BCUT2D eigenvalue weighted by molar-refractivity contribution is 6.10. The Morgan fingerprint density at radius 3 is 0.925 bits per heavy atom.